The summed E-state index contributed by atoms with van der Waals surface area (Å²) >= 11 is 0. The zero-order valence-corrected chi connectivity index (χ0v) is 23.4. The number of nitriles is 1. The summed E-state index contributed by atoms with van der Waals surface area (Å²) in [7, 11) is 0. The molecular formula is C36H37NO3. The zero-order valence-electron chi connectivity index (χ0n) is 23.4. The molecular weight excluding hydrogens is 494 g/mol. The standard InChI is InChI=1S/C36H37NO3/c1-25(38)36(22-29-11-12-30(29)23-36)31-13-15-32(16-14-31)40-20-17-26-5-3-18-35(19-4-6-26)33-21-27(24-37)9-10-28(33)7-2-8-34(35)39/h5,9-16,21H,2-4,6-8,17-20,22-23H2,1H3/b26-5-. The van der Waals surface area contributed by atoms with Crippen LogP contribution in [-0.4, -0.2) is 18.2 Å². The quantitative estimate of drug-likeness (QED) is 0.361. The van der Waals surface area contributed by atoms with Crippen LogP contribution < -0.4 is 4.74 Å². The fourth-order valence-corrected chi connectivity index (χ4v) is 7.48. The fraction of sp³-hybridized carbons (Fsp3) is 0.417. The number of benzene rings is 2. The molecule has 0 fully saturated rings. The van der Waals surface area contributed by atoms with E-state index in [-0.39, 0.29) is 5.78 Å². The summed E-state index contributed by atoms with van der Waals surface area (Å²) in [4.78, 5) is 26.2. The van der Waals surface area contributed by atoms with Gasteiger partial charge in [0.1, 0.15) is 17.3 Å². The number of aryl methyl sites for hydroxylation is 1. The molecule has 0 bridgehead atoms. The second kappa shape index (κ2) is 10.7. The molecule has 40 heavy (non-hydrogen) atoms. The van der Waals surface area contributed by atoms with Crippen molar-refractivity contribution in [3.8, 4) is 11.8 Å². The number of nitrogens with zero attached hydrogens (tertiary/aromatic N) is 1. The highest BCUT2D eigenvalue weighted by Crippen LogP contribution is 2.49. The number of ketones is 2. The van der Waals surface area contributed by atoms with Crippen molar-refractivity contribution in [2.75, 3.05) is 6.61 Å². The third-order valence-electron chi connectivity index (χ3n) is 9.90. The summed E-state index contributed by atoms with van der Waals surface area (Å²) in [5.41, 5.74) is 7.26. The van der Waals surface area contributed by atoms with Crippen LogP contribution in [0.25, 0.3) is 0 Å². The van der Waals surface area contributed by atoms with E-state index in [0.29, 0.717) is 24.4 Å². The highest BCUT2D eigenvalue weighted by atomic mass is 16.5. The Bertz CT molecular complexity index is 1460. The van der Waals surface area contributed by atoms with Gasteiger partial charge in [0.15, 0.2) is 0 Å². The Morgan fingerprint density at radius 3 is 2.45 bits per heavy atom. The highest BCUT2D eigenvalue weighted by Gasteiger charge is 2.45. The van der Waals surface area contributed by atoms with Gasteiger partial charge in [-0.1, -0.05) is 42.0 Å². The average Bonchev–Trinajstić information content (AvgIpc) is 3.13. The first-order valence-electron chi connectivity index (χ1n) is 14.8. The van der Waals surface area contributed by atoms with Gasteiger partial charge in [-0.3, -0.25) is 9.59 Å². The first-order valence-corrected chi connectivity index (χ1v) is 14.8. The molecule has 6 rings (SSSR count). The van der Waals surface area contributed by atoms with E-state index in [1.165, 1.54) is 22.3 Å². The van der Waals surface area contributed by atoms with Crippen LogP contribution in [0.5, 0.6) is 5.75 Å². The monoisotopic (exact) mass is 531 g/mol. The summed E-state index contributed by atoms with van der Waals surface area (Å²) in [5, 5.41) is 9.51. The van der Waals surface area contributed by atoms with Crippen LogP contribution in [0.1, 0.15) is 93.4 Å². The largest absolute Gasteiger partial charge is 0.493 e. The molecule has 4 aliphatic rings. The van der Waals surface area contributed by atoms with E-state index in [9.17, 15) is 14.9 Å². The second-order valence-corrected chi connectivity index (χ2v) is 12.1. The normalized spacial score (nSPS) is 24.5. The van der Waals surface area contributed by atoms with Crippen molar-refractivity contribution < 1.29 is 14.3 Å². The lowest BCUT2D eigenvalue weighted by molar-refractivity contribution is -0.125. The molecule has 2 aromatic carbocycles. The molecule has 1 spiro atoms. The highest BCUT2D eigenvalue weighted by molar-refractivity contribution is 5.92. The lowest BCUT2D eigenvalue weighted by Crippen LogP contribution is -2.36. The number of ether oxygens (including phenoxy) is 1. The van der Waals surface area contributed by atoms with Crippen LogP contribution in [0.15, 0.2) is 77.4 Å². The summed E-state index contributed by atoms with van der Waals surface area (Å²) in [6.45, 7) is 2.33. The summed E-state index contributed by atoms with van der Waals surface area (Å²) in [6, 6.07) is 16.4. The maximum atomic E-state index is 13.5. The van der Waals surface area contributed by atoms with E-state index in [1.54, 1.807) is 6.92 Å². The number of rotatable bonds is 6. The lowest BCUT2D eigenvalue weighted by atomic mass is 9.67. The van der Waals surface area contributed by atoms with Gasteiger partial charge < -0.3 is 4.74 Å². The lowest BCUT2D eigenvalue weighted by Gasteiger charge is -2.35. The van der Waals surface area contributed by atoms with E-state index < -0.39 is 10.8 Å². The topological polar surface area (TPSA) is 67.2 Å². The van der Waals surface area contributed by atoms with Crippen molar-refractivity contribution in [2.24, 2.45) is 0 Å². The maximum Gasteiger partial charge on any atom is 0.143 e. The van der Waals surface area contributed by atoms with Gasteiger partial charge in [0.05, 0.1) is 29.1 Å². The number of allylic oxidation sites excluding steroid dienone is 5. The van der Waals surface area contributed by atoms with E-state index in [2.05, 4.69) is 42.5 Å². The SMILES string of the molecule is CC(=O)C1(c2ccc(OCC/C3=C\CCC4(CCC3)C(=O)CCCc3ccc(C#N)cc34)cc2)CC2=C(C=C2)C1. The Balaban J connectivity index is 1.08. The predicted octanol–water partition coefficient (Wildman–Crippen LogP) is 7.55. The van der Waals surface area contributed by atoms with Crippen molar-refractivity contribution in [3.63, 3.8) is 0 Å². The van der Waals surface area contributed by atoms with Crippen LogP contribution in [0.4, 0.5) is 0 Å². The Labute approximate surface area is 237 Å². The van der Waals surface area contributed by atoms with Crippen molar-refractivity contribution >= 4 is 11.6 Å². The van der Waals surface area contributed by atoms with Crippen molar-refractivity contribution in [3.05, 3.63) is 99.7 Å². The minimum atomic E-state index is -0.456. The van der Waals surface area contributed by atoms with E-state index in [0.717, 1.165) is 81.1 Å². The molecule has 1 atom stereocenters. The molecule has 0 heterocycles. The maximum absolute atomic E-state index is 13.5. The molecule has 4 heteroatoms. The Morgan fingerprint density at radius 2 is 1.75 bits per heavy atom. The number of carbonyl (C=O) groups is 2. The van der Waals surface area contributed by atoms with Gasteiger partial charge in [-0.25, -0.2) is 0 Å². The van der Waals surface area contributed by atoms with Gasteiger partial charge in [0.2, 0.25) is 0 Å². The van der Waals surface area contributed by atoms with Crippen molar-refractivity contribution in [1.29, 1.82) is 5.26 Å². The number of carbonyl (C=O) groups excluding carboxylic acids is 2. The van der Waals surface area contributed by atoms with Crippen LogP contribution in [0.3, 0.4) is 0 Å². The second-order valence-electron chi connectivity index (χ2n) is 12.1. The minimum absolute atomic E-state index is 0.231. The van der Waals surface area contributed by atoms with Gasteiger partial charge in [0.25, 0.3) is 0 Å². The number of Topliss-reactive ketones (excluding diaryl/α,β-unsaturated/α-hetero) is 2. The van der Waals surface area contributed by atoms with Gasteiger partial charge >= 0.3 is 0 Å². The fourth-order valence-electron chi connectivity index (χ4n) is 7.48. The van der Waals surface area contributed by atoms with Crippen LogP contribution in [0, 0.1) is 11.3 Å². The molecule has 204 valence electrons. The molecule has 0 saturated carbocycles. The molecule has 1 unspecified atom stereocenters. The van der Waals surface area contributed by atoms with Crippen LogP contribution in [-0.2, 0) is 26.8 Å². The molecule has 0 amide bonds. The van der Waals surface area contributed by atoms with Gasteiger partial charge in [-0.2, -0.15) is 5.26 Å². The first-order chi connectivity index (χ1) is 19.4. The smallest absolute Gasteiger partial charge is 0.143 e. The molecule has 0 aromatic heterocycles. The number of hydrogen-bond acceptors (Lipinski definition) is 4. The number of fused-ring (bicyclic) bond motifs is 2. The Morgan fingerprint density at radius 1 is 0.975 bits per heavy atom. The molecule has 4 aliphatic carbocycles. The molecule has 0 aliphatic heterocycles. The summed E-state index contributed by atoms with van der Waals surface area (Å²) < 4.78 is 6.13. The van der Waals surface area contributed by atoms with Crippen LogP contribution >= 0.6 is 0 Å². The first kappa shape index (κ1) is 26.5. The Hall–Kier alpha value is -3.71. The number of hydrogen-bond donors (Lipinski definition) is 0. The van der Waals surface area contributed by atoms with Crippen molar-refractivity contribution in [2.45, 2.75) is 88.4 Å². The minimum Gasteiger partial charge on any atom is -0.493 e. The van der Waals surface area contributed by atoms with E-state index in [4.69, 9.17) is 4.74 Å². The third kappa shape index (κ3) is 4.66. The Kier molecular flexibility index (Phi) is 7.09. The molecule has 0 N–H and O–H groups in total. The van der Waals surface area contributed by atoms with Gasteiger partial charge in [-0.15, -0.1) is 0 Å². The summed E-state index contributed by atoms with van der Waals surface area (Å²) in [6.07, 6.45) is 16.0. The summed E-state index contributed by atoms with van der Waals surface area (Å²) in [5.74, 6) is 1.42. The van der Waals surface area contributed by atoms with Gasteiger partial charge in [0, 0.05) is 12.8 Å². The molecule has 4 nitrogen and oxygen atoms in total. The zero-order chi connectivity index (χ0) is 27.7. The van der Waals surface area contributed by atoms with Crippen LogP contribution in [0.2, 0.25) is 0 Å². The average molecular weight is 532 g/mol. The predicted molar refractivity (Wildman–Crippen MR) is 156 cm³/mol. The third-order valence-corrected chi connectivity index (χ3v) is 9.90. The molecule has 0 saturated heterocycles. The van der Waals surface area contributed by atoms with E-state index >= 15 is 0 Å². The van der Waals surface area contributed by atoms with Gasteiger partial charge in [-0.05, 0) is 117 Å². The van der Waals surface area contributed by atoms with Crippen molar-refractivity contribution in [1.82, 2.24) is 0 Å². The van der Waals surface area contributed by atoms with E-state index in [1.807, 2.05) is 24.3 Å². The molecule has 0 radical (unpaired) electrons. The molecule has 2 aromatic rings.